The maximum atomic E-state index is 9.29. The molecule has 0 fully saturated rings. The van der Waals surface area contributed by atoms with Gasteiger partial charge in [0, 0.05) is 17.7 Å². The lowest BCUT2D eigenvalue weighted by atomic mass is 10.0. The van der Waals surface area contributed by atoms with Crippen LogP contribution in [0.25, 0.3) is 0 Å². The summed E-state index contributed by atoms with van der Waals surface area (Å²) in [5.74, 6) is 0.793. The van der Waals surface area contributed by atoms with Gasteiger partial charge in [0.1, 0.15) is 11.5 Å². The van der Waals surface area contributed by atoms with Gasteiger partial charge in [0.15, 0.2) is 0 Å². The maximum absolute atomic E-state index is 9.29. The highest BCUT2D eigenvalue weighted by molar-refractivity contribution is 5.42. The Balaban J connectivity index is 2.97. The van der Waals surface area contributed by atoms with Gasteiger partial charge in [-0.05, 0) is 19.4 Å². The molecule has 1 atom stereocenters. The van der Waals surface area contributed by atoms with Crippen LogP contribution in [0.2, 0.25) is 0 Å². The van der Waals surface area contributed by atoms with Crippen molar-refractivity contribution in [3.8, 4) is 11.5 Å². The summed E-state index contributed by atoms with van der Waals surface area (Å²) in [6.45, 7) is 5.76. The predicted octanol–water partition coefficient (Wildman–Crippen LogP) is 2.37. The van der Waals surface area contributed by atoms with E-state index in [0.29, 0.717) is 12.2 Å². The van der Waals surface area contributed by atoms with E-state index in [2.05, 4.69) is 6.58 Å². The fourth-order valence-corrected chi connectivity index (χ4v) is 1.49. The van der Waals surface area contributed by atoms with Gasteiger partial charge in [-0.3, -0.25) is 0 Å². The number of phenols is 1. The van der Waals surface area contributed by atoms with Gasteiger partial charge in [-0.2, -0.15) is 0 Å². The zero-order valence-electron chi connectivity index (χ0n) is 9.16. The molecular formula is C12H17NO2. The lowest BCUT2D eigenvalue weighted by Crippen LogP contribution is -2.11. The van der Waals surface area contributed by atoms with Crippen LogP contribution in [0.3, 0.4) is 0 Å². The van der Waals surface area contributed by atoms with E-state index in [4.69, 9.17) is 10.5 Å². The summed E-state index contributed by atoms with van der Waals surface area (Å²) in [7, 11) is 1.56. The van der Waals surface area contributed by atoms with Gasteiger partial charge in [-0.25, -0.2) is 0 Å². The molecule has 3 N–H and O–H groups in total. The molecule has 0 heterocycles. The SMILES string of the molecule is C=C(C)C[C@H](N)c1ccc(O)cc1OC. The quantitative estimate of drug-likeness (QED) is 0.745. The second kappa shape index (κ2) is 4.84. The number of nitrogens with two attached hydrogens (primary N) is 1. The molecule has 0 saturated carbocycles. The first kappa shape index (κ1) is 11.6. The molecule has 1 rings (SSSR count). The summed E-state index contributed by atoms with van der Waals surface area (Å²) in [6, 6.07) is 4.81. The van der Waals surface area contributed by atoms with E-state index >= 15 is 0 Å². The molecule has 0 aliphatic rings. The molecule has 82 valence electrons. The van der Waals surface area contributed by atoms with Crippen LogP contribution in [0.15, 0.2) is 30.4 Å². The number of benzene rings is 1. The second-order valence-electron chi connectivity index (χ2n) is 3.69. The first-order valence-corrected chi connectivity index (χ1v) is 4.81. The molecule has 0 unspecified atom stereocenters. The first-order chi connectivity index (χ1) is 7.04. The summed E-state index contributed by atoms with van der Waals surface area (Å²) >= 11 is 0. The molecule has 15 heavy (non-hydrogen) atoms. The van der Waals surface area contributed by atoms with Crippen LogP contribution in [0, 0.1) is 0 Å². The average Bonchev–Trinajstić information content (AvgIpc) is 2.16. The zero-order chi connectivity index (χ0) is 11.4. The summed E-state index contributed by atoms with van der Waals surface area (Å²) in [4.78, 5) is 0. The minimum absolute atomic E-state index is 0.141. The van der Waals surface area contributed by atoms with E-state index in [1.165, 1.54) is 0 Å². The smallest absolute Gasteiger partial charge is 0.127 e. The van der Waals surface area contributed by atoms with E-state index < -0.39 is 0 Å². The maximum Gasteiger partial charge on any atom is 0.127 e. The summed E-state index contributed by atoms with van der Waals surface area (Å²) in [6.07, 6.45) is 0.709. The van der Waals surface area contributed by atoms with Crippen molar-refractivity contribution in [2.45, 2.75) is 19.4 Å². The molecule has 0 bridgehead atoms. The van der Waals surface area contributed by atoms with E-state index in [-0.39, 0.29) is 11.8 Å². The molecule has 0 aromatic heterocycles. The van der Waals surface area contributed by atoms with Gasteiger partial charge in [-0.15, -0.1) is 6.58 Å². The molecule has 0 amide bonds. The molecule has 3 nitrogen and oxygen atoms in total. The number of hydrogen-bond acceptors (Lipinski definition) is 3. The lowest BCUT2D eigenvalue weighted by Gasteiger charge is -2.15. The summed E-state index contributed by atoms with van der Waals surface area (Å²) in [5, 5.41) is 9.29. The van der Waals surface area contributed by atoms with Gasteiger partial charge in [0.2, 0.25) is 0 Å². The van der Waals surface area contributed by atoms with E-state index in [0.717, 1.165) is 11.1 Å². The van der Waals surface area contributed by atoms with Crippen LogP contribution in [0.4, 0.5) is 0 Å². The monoisotopic (exact) mass is 207 g/mol. The van der Waals surface area contributed by atoms with E-state index in [1.807, 2.05) is 6.92 Å². The summed E-state index contributed by atoms with van der Waals surface area (Å²) < 4.78 is 5.16. The van der Waals surface area contributed by atoms with Crippen LogP contribution in [-0.4, -0.2) is 12.2 Å². The van der Waals surface area contributed by atoms with Crippen molar-refractivity contribution in [2.24, 2.45) is 5.73 Å². The molecule has 3 heteroatoms. The Morgan fingerprint density at radius 1 is 1.60 bits per heavy atom. The number of aromatic hydroxyl groups is 1. The van der Waals surface area contributed by atoms with Crippen molar-refractivity contribution in [3.63, 3.8) is 0 Å². The molecule has 0 radical (unpaired) electrons. The average molecular weight is 207 g/mol. The Labute approximate surface area is 90.2 Å². The van der Waals surface area contributed by atoms with Gasteiger partial charge in [0.25, 0.3) is 0 Å². The van der Waals surface area contributed by atoms with Crippen LogP contribution < -0.4 is 10.5 Å². The molecule has 0 aliphatic carbocycles. The van der Waals surface area contributed by atoms with E-state index in [1.54, 1.807) is 25.3 Å². The van der Waals surface area contributed by atoms with Gasteiger partial charge in [-0.1, -0.05) is 11.6 Å². The van der Waals surface area contributed by atoms with Crippen molar-refractivity contribution >= 4 is 0 Å². The number of methoxy groups -OCH3 is 1. The molecule has 1 aromatic carbocycles. The zero-order valence-corrected chi connectivity index (χ0v) is 9.16. The standard InChI is InChI=1S/C12H17NO2/c1-8(2)6-11(13)10-5-4-9(14)7-12(10)15-3/h4-5,7,11,14H,1,6,13H2,2-3H3/t11-/m0/s1. The topological polar surface area (TPSA) is 55.5 Å². The fourth-order valence-electron chi connectivity index (χ4n) is 1.49. The number of hydrogen-bond donors (Lipinski definition) is 2. The third kappa shape index (κ3) is 2.99. The predicted molar refractivity (Wildman–Crippen MR) is 61.0 cm³/mol. The fraction of sp³-hybridized carbons (Fsp3) is 0.333. The molecule has 1 aromatic rings. The number of rotatable bonds is 4. The lowest BCUT2D eigenvalue weighted by molar-refractivity contribution is 0.398. The van der Waals surface area contributed by atoms with Crippen LogP contribution >= 0.6 is 0 Å². The number of phenolic OH excluding ortho intramolecular Hbond substituents is 1. The Morgan fingerprint density at radius 2 is 2.27 bits per heavy atom. The van der Waals surface area contributed by atoms with Crippen molar-refractivity contribution in [2.75, 3.05) is 7.11 Å². The summed E-state index contributed by atoms with van der Waals surface area (Å²) in [5.41, 5.74) is 7.91. The van der Waals surface area contributed by atoms with Gasteiger partial charge >= 0.3 is 0 Å². The second-order valence-corrected chi connectivity index (χ2v) is 3.69. The van der Waals surface area contributed by atoms with Crippen molar-refractivity contribution in [1.82, 2.24) is 0 Å². The molecule has 0 saturated heterocycles. The Hall–Kier alpha value is -1.48. The first-order valence-electron chi connectivity index (χ1n) is 4.81. The van der Waals surface area contributed by atoms with Crippen LogP contribution in [0.5, 0.6) is 11.5 Å². The minimum atomic E-state index is -0.141. The van der Waals surface area contributed by atoms with Crippen LogP contribution in [0.1, 0.15) is 24.9 Å². The van der Waals surface area contributed by atoms with E-state index in [9.17, 15) is 5.11 Å². The van der Waals surface area contributed by atoms with Crippen molar-refractivity contribution < 1.29 is 9.84 Å². The highest BCUT2D eigenvalue weighted by Gasteiger charge is 2.12. The van der Waals surface area contributed by atoms with Gasteiger partial charge < -0.3 is 15.6 Å². The minimum Gasteiger partial charge on any atom is -0.508 e. The Kier molecular flexibility index (Phi) is 3.74. The Morgan fingerprint density at radius 3 is 2.80 bits per heavy atom. The largest absolute Gasteiger partial charge is 0.508 e. The highest BCUT2D eigenvalue weighted by atomic mass is 16.5. The van der Waals surface area contributed by atoms with Crippen molar-refractivity contribution in [1.29, 1.82) is 0 Å². The third-order valence-electron chi connectivity index (χ3n) is 2.18. The van der Waals surface area contributed by atoms with Crippen LogP contribution in [-0.2, 0) is 0 Å². The molecule has 0 spiro atoms. The Bertz CT molecular complexity index is 361. The molecular weight excluding hydrogens is 190 g/mol. The number of ether oxygens (including phenoxy) is 1. The highest BCUT2D eigenvalue weighted by Crippen LogP contribution is 2.30. The van der Waals surface area contributed by atoms with Gasteiger partial charge in [0.05, 0.1) is 7.11 Å². The third-order valence-corrected chi connectivity index (χ3v) is 2.18. The molecule has 0 aliphatic heterocycles. The normalized spacial score (nSPS) is 12.2. The van der Waals surface area contributed by atoms with Crippen molar-refractivity contribution in [3.05, 3.63) is 35.9 Å².